The van der Waals surface area contributed by atoms with Gasteiger partial charge in [-0.25, -0.2) is 4.98 Å². The smallest absolute Gasteiger partial charge is 0.252 e. The third-order valence-corrected chi connectivity index (χ3v) is 7.49. The molecule has 34 heavy (non-hydrogen) atoms. The number of aromatic nitrogens is 3. The molecule has 1 aliphatic heterocycles. The van der Waals surface area contributed by atoms with E-state index in [4.69, 9.17) is 0 Å². The maximum atomic E-state index is 13.8. The predicted molar refractivity (Wildman–Crippen MR) is 131 cm³/mol. The lowest BCUT2D eigenvalue weighted by Gasteiger charge is -2.35. The molecule has 0 radical (unpaired) electrons. The number of hydrogen-bond acceptors (Lipinski definition) is 5. The third kappa shape index (κ3) is 3.35. The van der Waals surface area contributed by atoms with E-state index in [0.29, 0.717) is 16.9 Å². The van der Waals surface area contributed by atoms with Crippen molar-refractivity contribution >= 4 is 16.9 Å². The molecule has 4 aromatic rings. The number of nitrogens with one attached hydrogen (secondary N) is 3. The summed E-state index contributed by atoms with van der Waals surface area (Å²) in [6, 6.07) is 17.2. The van der Waals surface area contributed by atoms with Crippen molar-refractivity contribution < 1.29 is 9.90 Å². The van der Waals surface area contributed by atoms with Crippen LogP contribution in [0.1, 0.15) is 52.5 Å². The monoisotopic (exact) mass is 453 g/mol. The van der Waals surface area contributed by atoms with Crippen LogP contribution in [0.4, 0.5) is 0 Å². The largest absolute Gasteiger partial charge is 0.508 e. The lowest BCUT2D eigenvalue weighted by atomic mass is 9.74. The highest BCUT2D eigenvalue weighted by Gasteiger charge is 2.44. The molecule has 7 heteroatoms. The summed E-state index contributed by atoms with van der Waals surface area (Å²) in [5, 5.41) is 24.5. The van der Waals surface area contributed by atoms with Crippen molar-refractivity contribution in [3.8, 4) is 17.0 Å². The highest BCUT2D eigenvalue weighted by Crippen LogP contribution is 2.50. The van der Waals surface area contributed by atoms with Gasteiger partial charge in [-0.05, 0) is 80.7 Å². The number of phenols is 1. The number of phenolic OH excluding ortho intramolecular Hbond substituents is 1. The van der Waals surface area contributed by atoms with Gasteiger partial charge in [-0.2, -0.15) is 5.10 Å². The van der Waals surface area contributed by atoms with Crippen LogP contribution in [-0.4, -0.2) is 39.3 Å². The summed E-state index contributed by atoms with van der Waals surface area (Å²) in [4.78, 5) is 18.4. The number of aromatic hydroxyl groups is 1. The van der Waals surface area contributed by atoms with Crippen LogP contribution in [-0.2, 0) is 5.41 Å². The molecule has 2 aromatic carbocycles. The second kappa shape index (κ2) is 7.95. The Morgan fingerprint density at radius 2 is 1.88 bits per heavy atom. The molecule has 1 saturated heterocycles. The van der Waals surface area contributed by atoms with E-state index in [2.05, 4.69) is 50.1 Å². The second-order valence-corrected chi connectivity index (χ2v) is 9.48. The van der Waals surface area contributed by atoms with Crippen molar-refractivity contribution in [3.63, 3.8) is 0 Å². The molecular formula is C27H27N5O2. The van der Waals surface area contributed by atoms with E-state index in [1.807, 2.05) is 13.0 Å². The summed E-state index contributed by atoms with van der Waals surface area (Å²) in [7, 11) is 0. The first-order valence-electron chi connectivity index (χ1n) is 11.8. The quantitative estimate of drug-likeness (QED) is 0.373. The normalized spacial score (nSPS) is 18.8. The van der Waals surface area contributed by atoms with Crippen molar-refractivity contribution in [1.29, 1.82) is 0 Å². The Morgan fingerprint density at radius 1 is 1.12 bits per heavy atom. The van der Waals surface area contributed by atoms with Crippen molar-refractivity contribution in [2.45, 2.75) is 37.6 Å². The standard InChI is InChI=1S/C27H27N5O2/c1-16-24-20(14-22(29-25(24)32-31-16)17-6-8-18(33)9-7-17)26(34)30-23-15-27(10-12-28-13-11-27)21-5-3-2-4-19(21)23/h2-9,14,23,28,33H,10-13,15H2,1H3,(H,30,34)(H,29,31,32). The molecule has 2 aromatic heterocycles. The Balaban J connectivity index is 1.38. The van der Waals surface area contributed by atoms with Crippen LogP contribution in [0.5, 0.6) is 5.75 Å². The summed E-state index contributed by atoms with van der Waals surface area (Å²) in [5.41, 5.74) is 6.08. The molecule has 2 aliphatic rings. The van der Waals surface area contributed by atoms with Gasteiger partial charge in [-0.1, -0.05) is 24.3 Å². The zero-order valence-corrected chi connectivity index (χ0v) is 19.1. The summed E-state index contributed by atoms with van der Waals surface area (Å²) in [5.74, 6) is 0.0645. The van der Waals surface area contributed by atoms with Gasteiger partial charge in [0.1, 0.15) is 5.75 Å². The topological polar surface area (TPSA) is 103 Å². The van der Waals surface area contributed by atoms with E-state index in [-0.39, 0.29) is 23.1 Å². The fourth-order valence-electron chi connectivity index (χ4n) is 5.78. The van der Waals surface area contributed by atoms with E-state index in [1.165, 1.54) is 11.1 Å². The van der Waals surface area contributed by atoms with E-state index >= 15 is 0 Å². The second-order valence-electron chi connectivity index (χ2n) is 9.48. The van der Waals surface area contributed by atoms with Gasteiger partial charge in [0.2, 0.25) is 0 Å². The van der Waals surface area contributed by atoms with Gasteiger partial charge in [-0.15, -0.1) is 0 Å². The first-order valence-corrected chi connectivity index (χ1v) is 11.8. The molecule has 1 atom stereocenters. The molecule has 7 nitrogen and oxygen atoms in total. The van der Waals surface area contributed by atoms with E-state index in [9.17, 15) is 9.90 Å². The van der Waals surface area contributed by atoms with Gasteiger partial charge >= 0.3 is 0 Å². The van der Waals surface area contributed by atoms with Crippen LogP contribution in [0.15, 0.2) is 54.6 Å². The van der Waals surface area contributed by atoms with Crippen molar-refractivity contribution in [2.24, 2.45) is 0 Å². The van der Waals surface area contributed by atoms with E-state index in [1.54, 1.807) is 24.3 Å². The van der Waals surface area contributed by atoms with Crippen LogP contribution in [0, 0.1) is 6.92 Å². The number of pyridine rings is 1. The number of nitrogens with zero attached hydrogens (tertiary/aromatic N) is 2. The van der Waals surface area contributed by atoms with Gasteiger partial charge < -0.3 is 15.7 Å². The summed E-state index contributed by atoms with van der Waals surface area (Å²) >= 11 is 0. The van der Waals surface area contributed by atoms with Gasteiger partial charge in [0.15, 0.2) is 5.65 Å². The molecule has 1 spiro atoms. The van der Waals surface area contributed by atoms with Crippen LogP contribution in [0.25, 0.3) is 22.3 Å². The zero-order valence-electron chi connectivity index (χ0n) is 19.1. The van der Waals surface area contributed by atoms with Crippen LogP contribution in [0.3, 0.4) is 0 Å². The number of hydrogen-bond donors (Lipinski definition) is 4. The zero-order chi connectivity index (χ0) is 23.3. The SMILES string of the molecule is Cc1n[nH]c2nc(-c3ccc(O)cc3)cc(C(=O)NC3CC4(CCNCC4)c4ccccc43)c12. The third-order valence-electron chi connectivity index (χ3n) is 7.49. The van der Waals surface area contributed by atoms with Crippen molar-refractivity contribution in [3.05, 3.63) is 77.0 Å². The Morgan fingerprint density at radius 3 is 2.68 bits per heavy atom. The number of H-pyrrole nitrogens is 1. The number of carbonyl (C=O) groups excluding carboxylic acids is 1. The first-order chi connectivity index (χ1) is 16.5. The Bertz CT molecular complexity index is 1390. The molecule has 4 N–H and O–H groups in total. The maximum absolute atomic E-state index is 13.8. The van der Waals surface area contributed by atoms with Gasteiger partial charge in [0, 0.05) is 11.0 Å². The summed E-state index contributed by atoms with van der Waals surface area (Å²) in [6.45, 7) is 3.89. The molecular weight excluding hydrogens is 426 g/mol. The Hall–Kier alpha value is -3.71. The fourth-order valence-corrected chi connectivity index (χ4v) is 5.78. The Kier molecular flexibility index (Phi) is 4.88. The van der Waals surface area contributed by atoms with Crippen molar-refractivity contribution in [2.75, 3.05) is 13.1 Å². The van der Waals surface area contributed by atoms with E-state index < -0.39 is 0 Å². The minimum absolute atomic E-state index is 0.0330. The molecule has 1 fully saturated rings. The van der Waals surface area contributed by atoms with Gasteiger partial charge in [-0.3, -0.25) is 9.89 Å². The summed E-state index contributed by atoms with van der Waals surface area (Å²) in [6.07, 6.45) is 3.09. The molecule has 172 valence electrons. The average Bonchev–Trinajstić information content (AvgIpc) is 3.37. The number of benzene rings is 2. The average molecular weight is 454 g/mol. The fraction of sp³-hybridized carbons (Fsp3) is 0.296. The number of fused-ring (bicyclic) bond motifs is 3. The predicted octanol–water partition coefficient (Wildman–Crippen LogP) is 4.13. The highest BCUT2D eigenvalue weighted by molar-refractivity contribution is 6.07. The molecule has 1 aliphatic carbocycles. The molecule has 1 amide bonds. The summed E-state index contributed by atoms with van der Waals surface area (Å²) < 4.78 is 0. The number of carbonyl (C=O) groups is 1. The van der Waals surface area contributed by atoms with Crippen LogP contribution < -0.4 is 10.6 Å². The molecule has 6 rings (SSSR count). The molecule has 0 bridgehead atoms. The van der Waals surface area contributed by atoms with E-state index in [0.717, 1.165) is 49.0 Å². The number of rotatable bonds is 3. The maximum Gasteiger partial charge on any atom is 0.252 e. The number of piperidine rings is 1. The lowest BCUT2D eigenvalue weighted by molar-refractivity contribution is 0.0933. The molecule has 1 unspecified atom stereocenters. The first kappa shape index (κ1) is 20.9. The molecule has 0 saturated carbocycles. The van der Waals surface area contributed by atoms with Gasteiger partial charge in [0.05, 0.1) is 28.4 Å². The number of amides is 1. The van der Waals surface area contributed by atoms with Crippen LogP contribution >= 0.6 is 0 Å². The number of aromatic amines is 1. The molecule has 3 heterocycles. The van der Waals surface area contributed by atoms with Gasteiger partial charge in [0.25, 0.3) is 5.91 Å². The lowest BCUT2D eigenvalue weighted by Crippen LogP contribution is -2.39. The van der Waals surface area contributed by atoms with Crippen molar-refractivity contribution in [1.82, 2.24) is 25.8 Å². The number of aryl methyl sites for hydroxylation is 1. The minimum atomic E-state index is -0.122. The van der Waals surface area contributed by atoms with Crippen LogP contribution in [0.2, 0.25) is 0 Å². The Labute approximate surface area is 197 Å². The minimum Gasteiger partial charge on any atom is -0.508 e. The highest BCUT2D eigenvalue weighted by atomic mass is 16.3.